The van der Waals surface area contributed by atoms with Crippen molar-refractivity contribution in [2.75, 3.05) is 25.4 Å². The van der Waals surface area contributed by atoms with E-state index in [9.17, 15) is 4.79 Å². The van der Waals surface area contributed by atoms with Crippen molar-refractivity contribution in [3.63, 3.8) is 0 Å². The number of piperidine rings is 1. The Morgan fingerprint density at radius 2 is 2.04 bits per heavy atom. The number of aromatic nitrogens is 1. The van der Waals surface area contributed by atoms with Crippen molar-refractivity contribution in [2.24, 2.45) is 5.10 Å². The monoisotopic (exact) mass is 341 g/mol. The van der Waals surface area contributed by atoms with E-state index in [1.54, 1.807) is 6.21 Å². The number of carbonyl (C=O) groups excluding carboxylic acids is 1. The van der Waals surface area contributed by atoms with Gasteiger partial charge < -0.3 is 10.6 Å². The Kier molecular flexibility index (Phi) is 3.93. The third kappa shape index (κ3) is 2.75. The molecular formula is C17H19N5OS. The number of carbonyl (C=O) groups is 1. The fourth-order valence-electron chi connectivity index (χ4n) is 3.13. The fraction of sp³-hybridized carbons (Fsp3) is 0.353. The van der Waals surface area contributed by atoms with E-state index >= 15 is 0 Å². The van der Waals surface area contributed by atoms with Crippen LogP contribution in [0.4, 0.5) is 5.00 Å². The van der Waals surface area contributed by atoms with Crippen LogP contribution in [0.3, 0.4) is 0 Å². The number of hydrogen-bond acceptors (Lipinski definition) is 6. The molecule has 24 heavy (non-hydrogen) atoms. The highest BCUT2D eigenvalue weighted by Crippen LogP contribution is 2.32. The Morgan fingerprint density at radius 3 is 2.88 bits per heavy atom. The molecule has 0 unspecified atom stereocenters. The van der Waals surface area contributed by atoms with Crippen LogP contribution in [0.15, 0.2) is 35.1 Å². The molecule has 3 aliphatic heterocycles. The summed E-state index contributed by atoms with van der Waals surface area (Å²) in [6.07, 6.45) is 13.0. The van der Waals surface area contributed by atoms with Gasteiger partial charge in [0.15, 0.2) is 5.01 Å². The quantitative estimate of drug-likeness (QED) is 0.897. The van der Waals surface area contributed by atoms with Crippen LogP contribution in [0.5, 0.6) is 0 Å². The van der Waals surface area contributed by atoms with Crippen LogP contribution in [0.25, 0.3) is 5.57 Å². The lowest BCUT2D eigenvalue weighted by Crippen LogP contribution is -2.35. The van der Waals surface area contributed by atoms with Gasteiger partial charge in [-0.3, -0.25) is 9.80 Å². The van der Waals surface area contributed by atoms with E-state index in [4.69, 9.17) is 5.73 Å². The van der Waals surface area contributed by atoms with Crippen LogP contribution < -0.4 is 5.73 Å². The van der Waals surface area contributed by atoms with Gasteiger partial charge in [-0.2, -0.15) is 5.10 Å². The standard InChI is InChI=1S/C17H19N5OS/c18-15-14(13-10-19-22-9-5-2-6-12(13)11-22)20-16(24-15)17(23)21-7-3-1-4-8-21/h2,5-6,9-10H,1,3-4,7-8,11,18H2. The number of fused-ring (bicyclic) bond motifs is 2. The lowest BCUT2D eigenvalue weighted by molar-refractivity contribution is 0.0724. The molecule has 4 heterocycles. The van der Waals surface area contributed by atoms with Gasteiger partial charge in [0.25, 0.3) is 5.91 Å². The van der Waals surface area contributed by atoms with E-state index in [2.05, 4.69) is 10.1 Å². The summed E-state index contributed by atoms with van der Waals surface area (Å²) < 4.78 is 0. The van der Waals surface area contributed by atoms with Crippen molar-refractivity contribution >= 4 is 34.0 Å². The predicted octanol–water partition coefficient (Wildman–Crippen LogP) is 2.49. The molecule has 0 aromatic carbocycles. The van der Waals surface area contributed by atoms with E-state index in [-0.39, 0.29) is 5.91 Å². The molecule has 2 bridgehead atoms. The molecule has 124 valence electrons. The van der Waals surface area contributed by atoms with Gasteiger partial charge in [-0.25, -0.2) is 4.98 Å². The second kappa shape index (κ2) is 6.24. The van der Waals surface area contributed by atoms with Gasteiger partial charge in [-0.15, -0.1) is 0 Å². The Balaban J connectivity index is 1.65. The van der Waals surface area contributed by atoms with Crippen LogP contribution >= 0.6 is 11.3 Å². The molecule has 1 saturated heterocycles. The van der Waals surface area contributed by atoms with E-state index in [0.29, 0.717) is 22.2 Å². The molecule has 1 amide bonds. The van der Waals surface area contributed by atoms with Crippen LogP contribution in [-0.2, 0) is 0 Å². The van der Waals surface area contributed by atoms with Gasteiger partial charge in [0, 0.05) is 24.9 Å². The molecule has 0 atom stereocenters. The van der Waals surface area contributed by atoms with Crippen LogP contribution in [-0.4, -0.2) is 46.6 Å². The van der Waals surface area contributed by atoms with Gasteiger partial charge in [0.05, 0.1) is 12.8 Å². The molecule has 3 aliphatic rings. The number of likely N-dealkylation sites (tertiary alicyclic amines) is 1. The molecule has 6 nitrogen and oxygen atoms in total. The first-order chi connectivity index (χ1) is 11.7. The lowest BCUT2D eigenvalue weighted by Gasteiger charge is -2.25. The largest absolute Gasteiger partial charge is 0.389 e. The normalized spacial score (nSPS) is 19.8. The molecule has 1 aromatic heterocycles. The molecular weight excluding hydrogens is 322 g/mol. The van der Waals surface area contributed by atoms with Gasteiger partial charge in [0.2, 0.25) is 0 Å². The summed E-state index contributed by atoms with van der Waals surface area (Å²) in [6.45, 7) is 2.31. The van der Waals surface area contributed by atoms with Crippen molar-refractivity contribution < 1.29 is 4.79 Å². The maximum atomic E-state index is 12.7. The van der Waals surface area contributed by atoms with E-state index in [1.807, 2.05) is 34.3 Å². The maximum Gasteiger partial charge on any atom is 0.282 e. The van der Waals surface area contributed by atoms with Crippen molar-refractivity contribution in [3.8, 4) is 0 Å². The number of nitrogens with two attached hydrogens (primary N) is 1. The second-order valence-corrected chi connectivity index (χ2v) is 7.10. The van der Waals surface area contributed by atoms with Gasteiger partial charge in [0.1, 0.15) is 10.7 Å². The zero-order valence-electron chi connectivity index (χ0n) is 13.3. The van der Waals surface area contributed by atoms with Crippen molar-refractivity contribution in [1.82, 2.24) is 14.9 Å². The average molecular weight is 341 g/mol. The number of hydrogen-bond donors (Lipinski definition) is 1. The maximum absolute atomic E-state index is 12.7. The number of nitrogen functional groups attached to an aromatic ring is 1. The Hall–Kier alpha value is -2.41. The Labute approximate surface area is 144 Å². The first-order valence-corrected chi connectivity index (χ1v) is 8.98. The van der Waals surface area contributed by atoms with Gasteiger partial charge in [-0.1, -0.05) is 23.5 Å². The lowest BCUT2D eigenvalue weighted by atomic mass is 10.0. The predicted molar refractivity (Wildman–Crippen MR) is 96.7 cm³/mol. The highest BCUT2D eigenvalue weighted by molar-refractivity contribution is 7.17. The Morgan fingerprint density at radius 1 is 1.21 bits per heavy atom. The highest BCUT2D eigenvalue weighted by atomic mass is 32.1. The number of thiazole rings is 1. The fourth-order valence-corrected chi connectivity index (χ4v) is 3.95. The summed E-state index contributed by atoms with van der Waals surface area (Å²) in [4.78, 5) is 19.1. The molecule has 0 saturated carbocycles. The van der Waals surface area contributed by atoms with Crippen LogP contribution in [0.2, 0.25) is 0 Å². The number of nitrogens with zero attached hydrogens (tertiary/aromatic N) is 4. The van der Waals surface area contributed by atoms with Crippen molar-refractivity contribution in [3.05, 3.63) is 40.7 Å². The average Bonchev–Trinajstić information content (AvgIpc) is 2.89. The summed E-state index contributed by atoms with van der Waals surface area (Å²) in [5.41, 5.74) is 8.86. The Bertz CT molecular complexity index is 783. The molecule has 7 heteroatoms. The number of allylic oxidation sites excluding steroid dienone is 3. The highest BCUT2D eigenvalue weighted by Gasteiger charge is 2.25. The summed E-state index contributed by atoms with van der Waals surface area (Å²) in [5, 5.41) is 7.30. The molecule has 1 aromatic rings. The smallest absolute Gasteiger partial charge is 0.282 e. The summed E-state index contributed by atoms with van der Waals surface area (Å²) in [6, 6.07) is 0. The van der Waals surface area contributed by atoms with Crippen LogP contribution in [0.1, 0.15) is 34.8 Å². The molecule has 4 rings (SSSR count). The first-order valence-electron chi connectivity index (χ1n) is 8.17. The van der Waals surface area contributed by atoms with Gasteiger partial charge in [-0.05, 0) is 30.9 Å². The molecule has 0 spiro atoms. The molecule has 0 radical (unpaired) electrons. The minimum absolute atomic E-state index is 0.00398. The third-order valence-electron chi connectivity index (χ3n) is 4.41. The molecule has 2 N–H and O–H groups in total. The number of amides is 1. The van der Waals surface area contributed by atoms with E-state index in [1.165, 1.54) is 17.8 Å². The number of hydrazone groups is 1. The topological polar surface area (TPSA) is 74.8 Å². The zero-order valence-corrected chi connectivity index (χ0v) is 14.1. The van der Waals surface area contributed by atoms with E-state index in [0.717, 1.165) is 37.1 Å². The SMILES string of the molecule is Nc1sc(C(=O)N2CCCCC2)nc1C1=C2C=CC=CN(C2)N=C1. The first kappa shape index (κ1) is 15.1. The molecule has 0 aliphatic carbocycles. The van der Waals surface area contributed by atoms with E-state index < -0.39 is 0 Å². The second-order valence-electron chi connectivity index (χ2n) is 6.07. The van der Waals surface area contributed by atoms with Crippen molar-refractivity contribution in [1.29, 1.82) is 0 Å². The summed E-state index contributed by atoms with van der Waals surface area (Å²) in [5.74, 6) is -0.00398. The number of rotatable bonds is 2. The third-order valence-corrected chi connectivity index (χ3v) is 5.29. The minimum atomic E-state index is -0.00398. The summed E-state index contributed by atoms with van der Waals surface area (Å²) in [7, 11) is 0. The zero-order chi connectivity index (χ0) is 16.5. The van der Waals surface area contributed by atoms with Crippen LogP contribution in [0, 0.1) is 0 Å². The van der Waals surface area contributed by atoms with Crippen molar-refractivity contribution in [2.45, 2.75) is 19.3 Å². The van der Waals surface area contributed by atoms with Gasteiger partial charge >= 0.3 is 0 Å². The summed E-state index contributed by atoms with van der Waals surface area (Å²) >= 11 is 1.27. The number of anilines is 1. The minimum Gasteiger partial charge on any atom is -0.389 e. The molecule has 1 fully saturated rings.